The molecule has 5 heteroatoms. The average molecular weight is 292 g/mol. The van der Waals surface area contributed by atoms with Gasteiger partial charge in [-0.25, -0.2) is 0 Å². The van der Waals surface area contributed by atoms with Crippen molar-refractivity contribution in [3.63, 3.8) is 0 Å². The minimum Gasteiger partial charge on any atom is -0.482 e. The molecule has 0 aliphatic carbocycles. The second kappa shape index (κ2) is 6.45. The minimum absolute atomic E-state index is 0.0696. The summed E-state index contributed by atoms with van der Waals surface area (Å²) in [6.07, 6.45) is 1.44. The number of nitrogens with one attached hydrogen (secondary N) is 2. The van der Waals surface area contributed by atoms with E-state index in [0.717, 1.165) is 18.4 Å². The molecule has 1 heterocycles. The minimum atomic E-state index is -0.667. The summed E-state index contributed by atoms with van der Waals surface area (Å²) >= 11 is 0. The van der Waals surface area contributed by atoms with Gasteiger partial charge in [0.2, 0.25) is 0 Å². The van der Waals surface area contributed by atoms with Crippen LogP contribution in [0.1, 0.15) is 45.2 Å². The van der Waals surface area contributed by atoms with Crippen LogP contribution in [0.2, 0.25) is 0 Å². The number of hydrogen-bond donors (Lipinski definition) is 3. The van der Waals surface area contributed by atoms with Gasteiger partial charge in [0.25, 0.3) is 5.91 Å². The number of amides is 1. The molecule has 1 aliphatic heterocycles. The fraction of sp³-hybridized carbons (Fsp3) is 0.562. The maximum atomic E-state index is 11.4. The van der Waals surface area contributed by atoms with Crippen molar-refractivity contribution < 1.29 is 14.6 Å². The predicted octanol–water partition coefficient (Wildman–Crippen LogP) is 2.22. The van der Waals surface area contributed by atoms with Crippen molar-refractivity contribution in [1.82, 2.24) is 5.32 Å². The summed E-state index contributed by atoms with van der Waals surface area (Å²) in [4.78, 5) is 11.4. The van der Waals surface area contributed by atoms with Crippen molar-refractivity contribution in [3.05, 3.63) is 23.8 Å². The lowest BCUT2D eigenvalue weighted by Gasteiger charge is -2.28. The van der Waals surface area contributed by atoms with Gasteiger partial charge in [0, 0.05) is 12.6 Å². The molecule has 3 N–H and O–H groups in total. The SMILES string of the molecule is CCC(O)(CC)CNC(C)c1ccc2c(c1)NC(=O)CO2. The Balaban J connectivity index is 2.04. The lowest BCUT2D eigenvalue weighted by Crippen LogP contribution is -2.40. The van der Waals surface area contributed by atoms with Crippen LogP contribution in [0.15, 0.2) is 18.2 Å². The molecular formula is C16H24N2O3. The Morgan fingerprint density at radius 3 is 2.81 bits per heavy atom. The van der Waals surface area contributed by atoms with Gasteiger partial charge in [-0.05, 0) is 37.5 Å². The average Bonchev–Trinajstić information content (AvgIpc) is 2.51. The first kappa shape index (κ1) is 15.8. The zero-order valence-corrected chi connectivity index (χ0v) is 12.9. The molecule has 1 atom stereocenters. The van der Waals surface area contributed by atoms with E-state index in [1.165, 1.54) is 0 Å². The largest absolute Gasteiger partial charge is 0.482 e. The quantitative estimate of drug-likeness (QED) is 0.752. The highest BCUT2D eigenvalue weighted by Gasteiger charge is 2.23. The number of carbonyl (C=O) groups excluding carboxylic acids is 1. The third kappa shape index (κ3) is 3.74. The van der Waals surface area contributed by atoms with E-state index in [-0.39, 0.29) is 18.6 Å². The molecule has 0 spiro atoms. The highest BCUT2D eigenvalue weighted by Crippen LogP contribution is 2.30. The van der Waals surface area contributed by atoms with E-state index in [1.807, 2.05) is 39.0 Å². The normalized spacial score (nSPS) is 15.9. The Hall–Kier alpha value is -1.59. The highest BCUT2D eigenvalue weighted by atomic mass is 16.5. The van der Waals surface area contributed by atoms with Crippen LogP contribution in [0.4, 0.5) is 5.69 Å². The second-order valence-corrected chi connectivity index (χ2v) is 5.63. The molecule has 2 rings (SSSR count). The number of carbonyl (C=O) groups is 1. The van der Waals surface area contributed by atoms with Gasteiger partial charge in [-0.3, -0.25) is 4.79 Å². The molecule has 0 aromatic heterocycles. The summed E-state index contributed by atoms with van der Waals surface area (Å²) in [7, 11) is 0. The summed E-state index contributed by atoms with van der Waals surface area (Å²) < 4.78 is 5.35. The Kier molecular flexibility index (Phi) is 4.85. The maximum absolute atomic E-state index is 11.4. The van der Waals surface area contributed by atoms with E-state index in [1.54, 1.807) is 0 Å². The van der Waals surface area contributed by atoms with Gasteiger partial charge < -0.3 is 20.5 Å². The van der Waals surface area contributed by atoms with Crippen molar-refractivity contribution in [2.45, 2.75) is 45.3 Å². The Labute approximate surface area is 125 Å². The van der Waals surface area contributed by atoms with Gasteiger partial charge in [0.15, 0.2) is 6.61 Å². The van der Waals surface area contributed by atoms with Gasteiger partial charge in [-0.15, -0.1) is 0 Å². The van der Waals surface area contributed by atoms with Crippen LogP contribution in [0.3, 0.4) is 0 Å². The molecule has 5 nitrogen and oxygen atoms in total. The first-order chi connectivity index (χ1) is 9.97. The lowest BCUT2D eigenvalue weighted by atomic mass is 9.96. The third-order valence-electron chi connectivity index (χ3n) is 4.19. The highest BCUT2D eigenvalue weighted by molar-refractivity contribution is 5.95. The van der Waals surface area contributed by atoms with Crippen LogP contribution < -0.4 is 15.4 Å². The monoisotopic (exact) mass is 292 g/mol. The van der Waals surface area contributed by atoms with Crippen molar-refractivity contribution in [2.75, 3.05) is 18.5 Å². The smallest absolute Gasteiger partial charge is 0.262 e. The number of fused-ring (bicyclic) bond motifs is 1. The Bertz CT molecular complexity index is 512. The summed E-state index contributed by atoms with van der Waals surface area (Å²) in [5.74, 6) is 0.566. The number of benzene rings is 1. The molecule has 1 aromatic rings. The van der Waals surface area contributed by atoms with Crippen molar-refractivity contribution in [2.24, 2.45) is 0 Å². The Morgan fingerprint density at radius 2 is 2.14 bits per heavy atom. The summed E-state index contributed by atoms with van der Waals surface area (Å²) in [6, 6.07) is 5.85. The fourth-order valence-electron chi connectivity index (χ4n) is 2.33. The van der Waals surface area contributed by atoms with Crippen LogP contribution in [-0.4, -0.2) is 29.8 Å². The molecule has 21 heavy (non-hydrogen) atoms. The molecule has 0 saturated heterocycles. The van der Waals surface area contributed by atoms with E-state index >= 15 is 0 Å². The number of ether oxygens (including phenoxy) is 1. The van der Waals surface area contributed by atoms with Crippen LogP contribution in [0.5, 0.6) is 5.75 Å². The second-order valence-electron chi connectivity index (χ2n) is 5.63. The molecule has 0 radical (unpaired) electrons. The number of hydrogen-bond acceptors (Lipinski definition) is 4. The zero-order chi connectivity index (χ0) is 15.5. The standard InChI is InChI=1S/C16H24N2O3/c1-4-16(20,5-2)10-17-11(3)12-6-7-14-13(8-12)18-15(19)9-21-14/h6-8,11,17,20H,4-5,9-10H2,1-3H3,(H,18,19). The van der Waals surface area contributed by atoms with Crippen LogP contribution in [0.25, 0.3) is 0 Å². The molecule has 0 saturated carbocycles. The van der Waals surface area contributed by atoms with E-state index < -0.39 is 5.60 Å². The van der Waals surface area contributed by atoms with Gasteiger partial charge in [0.1, 0.15) is 5.75 Å². The first-order valence-electron chi connectivity index (χ1n) is 7.50. The number of rotatable bonds is 6. The molecule has 1 unspecified atom stereocenters. The van der Waals surface area contributed by atoms with Gasteiger partial charge in [-0.1, -0.05) is 19.9 Å². The van der Waals surface area contributed by atoms with Gasteiger partial charge in [-0.2, -0.15) is 0 Å². The van der Waals surface area contributed by atoms with E-state index in [2.05, 4.69) is 10.6 Å². The van der Waals surface area contributed by atoms with Crippen molar-refractivity contribution >= 4 is 11.6 Å². The first-order valence-corrected chi connectivity index (χ1v) is 7.50. The zero-order valence-electron chi connectivity index (χ0n) is 12.9. The molecule has 1 aliphatic rings. The molecule has 116 valence electrons. The molecule has 1 amide bonds. The summed E-state index contributed by atoms with van der Waals surface area (Å²) in [5, 5.41) is 16.5. The summed E-state index contributed by atoms with van der Waals surface area (Å²) in [5.41, 5.74) is 1.09. The van der Waals surface area contributed by atoms with Crippen LogP contribution in [0, 0.1) is 0 Å². The summed E-state index contributed by atoms with van der Waals surface area (Å²) in [6.45, 7) is 6.63. The Morgan fingerprint density at radius 1 is 1.43 bits per heavy atom. The van der Waals surface area contributed by atoms with Crippen LogP contribution in [-0.2, 0) is 4.79 Å². The lowest BCUT2D eigenvalue weighted by molar-refractivity contribution is -0.118. The predicted molar refractivity (Wildman–Crippen MR) is 82.5 cm³/mol. The van der Waals surface area contributed by atoms with Gasteiger partial charge in [0.05, 0.1) is 11.3 Å². The van der Waals surface area contributed by atoms with Gasteiger partial charge >= 0.3 is 0 Å². The fourth-order valence-corrected chi connectivity index (χ4v) is 2.33. The van der Waals surface area contributed by atoms with E-state index in [9.17, 15) is 9.90 Å². The van der Waals surface area contributed by atoms with Crippen LogP contribution >= 0.6 is 0 Å². The molecule has 1 aromatic carbocycles. The maximum Gasteiger partial charge on any atom is 0.262 e. The van der Waals surface area contributed by atoms with E-state index in [4.69, 9.17) is 4.74 Å². The van der Waals surface area contributed by atoms with Crippen molar-refractivity contribution in [1.29, 1.82) is 0 Å². The molecule has 0 fully saturated rings. The van der Waals surface area contributed by atoms with Crippen molar-refractivity contribution in [3.8, 4) is 5.75 Å². The molecular weight excluding hydrogens is 268 g/mol. The topological polar surface area (TPSA) is 70.6 Å². The molecule has 0 bridgehead atoms. The number of aliphatic hydroxyl groups is 1. The number of anilines is 1. The third-order valence-corrected chi connectivity index (χ3v) is 4.19. The van der Waals surface area contributed by atoms with E-state index in [0.29, 0.717) is 18.0 Å².